The molecule has 0 aromatic heterocycles. The summed E-state index contributed by atoms with van der Waals surface area (Å²) in [5.74, 6) is 0.820. The van der Waals surface area contributed by atoms with E-state index in [4.69, 9.17) is 0 Å². The molecular weight excluding hydrogens is 244 g/mol. The van der Waals surface area contributed by atoms with Gasteiger partial charge >= 0.3 is 0 Å². The number of aryl methyl sites for hydroxylation is 1. The molecule has 1 aliphatic heterocycles. The Kier molecular flexibility index (Phi) is 6.06. The highest BCUT2D eigenvalue weighted by Gasteiger charge is 2.23. The third-order valence-electron chi connectivity index (χ3n) is 4.82. The molecule has 20 heavy (non-hydrogen) atoms. The molecule has 1 heterocycles. The Labute approximate surface area is 124 Å². The summed E-state index contributed by atoms with van der Waals surface area (Å²) in [6.45, 7) is 11.7. The van der Waals surface area contributed by atoms with Crippen molar-refractivity contribution in [2.24, 2.45) is 5.92 Å². The van der Waals surface area contributed by atoms with Crippen molar-refractivity contribution in [2.75, 3.05) is 26.2 Å². The molecule has 1 aromatic rings. The van der Waals surface area contributed by atoms with Gasteiger partial charge in [0, 0.05) is 12.6 Å². The molecule has 2 heteroatoms. The molecule has 0 aliphatic carbocycles. The summed E-state index contributed by atoms with van der Waals surface area (Å²) < 4.78 is 0. The van der Waals surface area contributed by atoms with Crippen LogP contribution in [0.15, 0.2) is 24.3 Å². The van der Waals surface area contributed by atoms with Crippen molar-refractivity contribution in [3.8, 4) is 0 Å². The van der Waals surface area contributed by atoms with Crippen LogP contribution in [0, 0.1) is 12.8 Å². The lowest BCUT2D eigenvalue weighted by Crippen LogP contribution is -2.44. The summed E-state index contributed by atoms with van der Waals surface area (Å²) in [5.41, 5.74) is 2.89. The Bertz CT molecular complexity index is 402. The van der Waals surface area contributed by atoms with Gasteiger partial charge in [0.2, 0.25) is 0 Å². The second-order valence-corrected chi connectivity index (χ2v) is 6.21. The minimum Gasteiger partial charge on any atom is -0.314 e. The first kappa shape index (κ1) is 15.5. The lowest BCUT2D eigenvalue weighted by atomic mass is 9.91. The van der Waals surface area contributed by atoms with Gasteiger partial charge in [0.1, 0.15) is 0 Å². The Morgan fingerprint density at radius 2 is 2.15 bits per heavy atom. The summed E-state index contributed by atoms with van der Waals surface area (Å²) in [5, 5.41) is 3.75. The van der Waals surface area contributed by atoms with E-state index in [2.05, 4.69) is 55.3 Å². The fraction of sp³-hybridized carbons (Fsp3) is 0.667. The number of nitrogens with one attached hydrogen (secondary N) is 1. The molecule has 2 rings (SSSR count). The topological polar surface area (TPSA) is 15.3 Å². The van der Waals surface area contributed by atoms with Crippen LogP contribution in [0.3, 0.4) is 0 Å². The van der Waals surface area contributed by atoms with Crippen molar-refractivity contribution in [2.45, 2.75) is 46.1 Å². The van der Waals surface area contributed by atoms with Crippen LogP contribution in [-0.2, 0) is 6.42 Å². The van der Waals surface area contributed by atoms with E-state index in [1.54, 1.807) is 0 Å². The second-order valence-electron chi connectivity index (χ2n) is 6.21. The minimum atomic E-state index is 0.633. The Balaban J connectivity index is 1.75. The van der Waals surface area contributed by atoms with E-state index in [-0.39, 0.29) is 0 Å². The lowest BCUT2D eigenvalue weighted by molar-refractivity contribution is 0.157. The minimum absolute atomic E-state index is 0.633. The van der Waals surface area contributed by atoms with Crippen LogP contribution in [0.25, 0.3) is 0 Å². The van der Waals surface area contributed by atoms with Crippen molar-refractivity contribution in [3.05, 3.63) is 35.4 Å². The average molecular weight is 274 g/mol. The molecule has 2 nitrogen and oxygen atoms in total. The molecule has 0 bridgehead atoms. The SMILES string of the molecule is CCN1CCCC(C(C)NCCc2ccccc2C)C1. The zero-order valence-electron chi connectivity index (χ0n) is 13.4. The molecule has 1 fully saturated rings. The van der Waals surface area contributed by atoms with Gasteiger partial charge in [0.25, 0.3) is 0 Å². The average Bonchev–Trinajstić information content (AvgIpc) is 2.49. The Hall–Kier alpha value is -0.860. The first-order valence-electron chi connectivity index (χ1n) is 8.21. The van der Waals surface area contributed by atoms with Crippen LogP contribution in [0.1, 0.15) is 37.8 Å². The Morgan fingerprint density at radius 1 is 1.35 bits per heavy atom. The second kappa shape index (κ2) is 7.80. The van der Waals surface area contributed by atoms with Crippen molar-refractivity contribution in [3.63, 3.8) is 0 Å². The van der Waals surface area contributed by atoms with Crippen LogP contribution in [0.5, 0.6) is 0 Å². The smallest absolute Gasteiger partial charge is 0.00793 e. The fourth-order valence-electron chi connectivity index (χ4n) is 3.28. The van der Waals surface area contributed by atoms with Gasteiger partial charge < -0.3 is 10.2 Å². The first-order valence-corrected chi connectivity index (χ1v) is 8.21. The highest BCUT2D eigenvalue weighted by Crippen LogP contribution is 2.19. The zero-order chi connectivity index (χ0) is 14.4. The Morgan fingerprint density at radius 3 is 2.90 bits per heavy atom. The van der Waals surface area contributed by atoms with Gasteiger partial charge in [-0.05, 0) is 69.8 Å². The number of hydrogen-bond donors (Lipinski definition) is 1. The van der Waals surface area contributed by atoms with E-state index in [0.29, 0.717) is 6.04 Å². The van der Waals surface area contributed by atoms with Gasteiger partial charge in [-0.25, -0.2) is 0 Å². The summed E-state index contributed by atoms with van der Waals surface area (Å²) in [6.07, 6.45) is 3.89. The van der Waals surface area contributed by atoms with E-state index < -0.39 is 0 Å². The third-order valence-corrected chi connectivity index (χ3v) is 4.82. The van der Waals surface area contributed by atoms with E-state index in [1.807, 2.05) is 0 Å². The summed E-state index contributed by atoms with van der Waals surface area (Å²) >= 11 is 0. The van der Waals surface area contributed by atoms with Crippen molar-refractivity contribution < 1.29 is 0 Å². The number of nitrogens with zero attached hydrogens (tertiary/aromatic N) is 1. The van der Waals surface area contributed by atoms with Crippen LogP contribution >= 0.6 is 0 Å². The van der Waals surface area contributed by atoms with E-state index in [0.717, 1.165) is 18.9 Å². The number of benzene rings is 1. The molecule has 2 unspecified atom stereocenters. The normalized spacial score (nSPS) is 21.9. The number of hydrogen-bond acceptors (Lipinski definition) is 2. The van der Waals surface area contributed by atoms with Crippen LogP contribution in [0.2, 0.25) is 0 Å². The number of rotatable bonds is 6. The van der Waals surface area contributed by atoms with Gasteiger partial charge in [-0.2, -0.15) is 0 Å². The summed E-state index contributed by atoms with van der Waals surface area (Å²) in [7, 11) is 0. The molecule has 1 N–H and O–H groups in total. The first-order chi connectivity index (χ1) is 9.70. The monoisotopic (exact) mass is 274 g/mol. The van der Waals surface area contributed by atoms with Gasteiger partial charge in [-0.3, -0.25) is 0 Å². The molecule has 1 saturated heterocycles. The fourth-order valence-corrected chi connectivity index (χ4v) is 3.28. The largest absolute Gasteiger partial charge is 0.314 e. The molecule has 0 amide bonds. The van der Waals surface area contributed by atoms with Gasteiger partial charge in [-0.1, -0.05) is 31.2 Å². The van der Waals surface area contributed by atoms with Crippen LogP contribution < -0.4 is 5.32 Å². The van der Waals surface area contributed by atoms with Gasteiger partial charge in [0.05, 0.1) is 0 Å². The van der Waals surface area contributed by atoms with Gasteiger partial charge in [-0.15, -0.1) is 0 Å². The van der Waals surface area contributed by atoms with Crippen molar-refractivity contribution in [1.29, 1.82) is 0 Å². The number of likely N-dealkylation sites (tertiary alicyclic amines) is 1. The van der Waals surface area contributed by atoms with Crippen molar-refractivity contribution in [1.82, 2.24) is 10.2 Å². The summed E-state index contributed by atoms with van der Waals surface area (Å²) in [4.78, 5) is 2.59. The molecule has 0 saturated carbocycles. The molecule has 112 valence electrons. The maximum atomic E-state index is 3.75. The standard InChI is InChI=1S/C18H30N2/c1-4-20-13-7-10-18(14-20)16(3)19-12-11-17-9-6-5-8-15(17)2/h5-6,8-9,16,18-19H,4,7,10-14H2,1-3H3. The predicted octanol–water partition coefficient (Wildman–Crippen LogP) is 3.25. The molecule has 1 aromatic carbocycles. The predicted molar refractivity (Wildman–Crippen MR) is 87.2 cm³/mol. The molecule has 1 aliphatic rings. The molecule has 2 atom stereocenters. The van der Waals surface area contributed by atoms with E-state index in [9.17, 15) is 0 Å². The summed E-state index contributed by atoms with van der Waals surface area (Å²) in [6, 6.07) is 9.36. The van der Waals surface area contributed by atoms with Crippen LogP contribution in [-0.4, -0.2) is 37.1 Å². The third kappa shape index (κ3) is 4.32. The molecular formula is C18H30N2. The van der Waals surface area contributed by atoms with Gasteiger partial charge in [0.15, 0.2) is 0 Å². The lowest BCUT2D eigenvalue weighted by Gasteiger charge is -2.35. The maximum Gasteiger partial charge on any atom is 0.00793 e. The molecule has 0 spiro atoms. The molecule has 0 radical (unpaired) electrons. The van der Waals surface area contributed by atoms with Crippen LogP contribution in [0.4, 0.5) is 0 Å². The number of piperidine rings is 1. The van der Waals surface area contributed by atoms with E-state index in [1.165, 1.54) is 43.6 Å². The quantitative estimate of drug-likeness (QED) is 0.856. The maximum absolute atomic E-state index is 3.75. The highest BCUT2D eigenvalue weighted by molar-refractivity contribution is 5.25. The zero-order valence-corrected chi connectivity index (χ0v) is 13.4. The highest BCUT2D eigenvalue weighted by atomic mass is 15.1. The van der Waals surface area contributed by atoms with Crippen molar-refractivity contribution >= 4 is 0 Å². The van der Waals surface area contributed by atoms with E-state index >= 15 is 0 Å².